The first-order chi connectivity index (χ1) is 9.61. The molecule has 0 spiro atoms. The molecule has 1 aromatic rings. The van der Waals surface area contributed by atoms with E-state index in [-0.39, 0.29) is 0 Å². The summed E-state index contributed by atoms with van der Waals surface area (Å²) in [5.41, 5.74) is 7.19. The number of nitrogen functional groups attached to an aromatic ring is 1. The number of methoxy groups -OCH3 is 1. The minimum absolute atomic E-state index is 0.291. The molecule has 0 aliphatic rings. The fourth-order valence-corrected chi connectivity index (χ4v) is 1.68. The molecule has 0 aliphatic carbocycles. The third kappa shape index (κ3) is 4.50. The lowest BCUT2D eigenvalue weighted by Gasteiger charge is -2.07. The molecule has 1 heterocycles. The van der Waals surface area contributed by atoms with Crippen molar-refractivity contribution in [2.24, 2.45) is 0 Å². The zero-order chi connectivity index (χ0) is 15.0. The number of nitrogens with two attached hydrogens (primary N) is 1. The van der Waals surface area contributed by atoms with E-state index in [1.165, 1.54) is 0 Å². The van der Waals surface area contributed by atoms with Crippen LogP contribution in [-0.4, -0.2) is 49.3 Å². The number of nitrogens with zero attached hydrogens (tertiary/aromatic N) is 2. The Hall–Kier alpha value is -1.60. The summed E-state index contributed by atoms with van der Waals surface area (Å²) >= 11 is 0. The second kappa shape index (κ2) is 8.55. The van der Waals surface area contributed by atoms with Gasteiger partial charge in [0.25, 0.3) is 0 Å². The van der Waals surface area contributed by atoms with E-state index in [4.69, 9.17) is 19.9 Å². The molecule has 0 saturated heterocycles. The molecule has 0 amide bonds. The number of rotatable bonds is 9. The van der Waals surface area contributed by atoms with Gasteiger partial charge in [0, 0.05) is 26.7 Å². The zero-order valence-electron chi connectivity index (χ0n) is 12.3. The van der Waals surface area contributed by atoms with Crippen LogP contribution in [0.4, 0.5) is 5.69 Å². The van der Waals surface area contributed by atoms with Gasteiger partial charge in [-0.1, -0.05) is 0 Å². The van der Waals surface area contributed by atoms with Crippen LogP contribution in [0.5, 0.6) is 0 Å². The lowest BCUT2D eigenvalue weighted by atomic mass is 10.3. The predicted octanol–water partition coefficient (Wildman–Crippen LogP) is 1.00. The molecule has 114 valence electrons. The Morgan fingerprint density at radius 1 is 1.30 bits per heavy atom. The number of aryl methyl sites for hydroxylation is 2. The van der Waals surface area contributed by atoms with Crippen LogP contribution in [0.25, 0.3) is 0 Å². The molecule has 20 heavy (non-hydrogen) atoms. The number of ether oxygens (including phenoxy) is 3. The highest BCUT2D eigenvalue weighted by Gasteiger charge is 2.20. The molecule has 0 fully saturated rings. The zero-order valence-corrected chi connectivity index (χ0v) is 12.3. The predicted molar refractivity (Wildman–Crippen MR) is 74.6 cm³/mol. The number of hydrogen-bond donors (Lipinski definition) is 1. The number of hydrogen-bond acceptors (Lipinski definition) is 6. The van der Waals surface area contributed by atoms with Crippen LogP contribution in [0, 0.1) is 6.92 Å². The molecular formula is C13H23N3O4. The highest BCUT2D eigenvalue weighted by atomic mass is 16.5. The molecule has 0 atom stereocenters. The molecule has 0 bridgehead atoms. The topological polar surface area (TPSA) is 88.6 Å². The Balaban J connectivity index is 2.36. The van der Waals surface area contributed by atoms with Crippen LogP contribution in [-0.2, 0) is 20.8 Å². The van der Waals surface area contributed by atoms with Crippen LogP contribution in [0.15, 0.2) is 0 Å². The van der Waals surface area contributed by atoms with E-state index in [1.807, 2.05) is 6.92 Å². The average Bonchev–Trinajstić information content (AvgIpc) is 2.73. The molecule has 7 heteroatoms. The van der Waals surface area contributed by atoms with Crippen molar-refractivity contribution in [3.8, 4) is 0 Å². The second-order valence-electron chi connectivity index (χ2n) is 4.26. The Morgan fingerprint density at radius 3 is 2.70 bits per heavy atom. The first-order valence-electron chi connectivity index (χ1n) is 6.68. The van der Waals surface area contributed by atoms with Crippen LogP contribution in [0.2, 0.25) is 0 Å². The highest BCUT2D eigenvalue weighted by Crippen LogP contribution is 2.17. The molecule has 1 rings (SSSR count). The highest BCUT2D eigenvalue weighted by molar-refractivity contribution is 5.93. The summed E-state index contributed by atoms with van der Waals surface area (Å²) in [6, 6.07) is 0. The minimum Gasteiger partial charge on any atom is -0.461 e. The number of esters is 1. The van der Waals surface area contributed by atoms with Crippen molar-refractivity contribution in [3.05, 3.63) is 11.4 Å². The summed E-state index contributed by atoms with van der Waals surface area (Å²) in [7, 11) is 1.62. The molecule has 7 nitrogen and oxygen atoms in total. The van der Waals surface area contributed by atoms with Crippen molar-refractivity contribution in [2.45, 2.75) is 26.8 Å². The maximum absolute atomic E-state index is 12.0. The maximum Gasteiger partial charge on any atom is 0.358 e. The average molecular weight is 285 g/mol. The van der Waals surface area contributed by atoms with Gasteiger partial charge in [-0.15, -0.1) is 0 Å². The minimum atomic E-state index is -0.443. The number of carbonyl (C=O) groups is 1. The van der Waals surface area contributed by atoms with Crippen molar-refractivity contribution in [3.63, 3.8) is 0 Å². The Bertz CT molecular complexity index is 431. The molecule has 0 radical (unpaired) electrons. The third-order valence-corrected chi connectivity index (χ3v) is 2.76. The van der Waals surface area contributed by atoms with Gasteiger partial charge in [-0.05, 0) is 13.8 Å². The summed E-state index contributed by atoms with van der Waals surface area (Å²) in [6.45, 7) is 6.15. The number of anilines is 1. The molecule has 0 saturated carbocycles. The molecule has 0 unspecified atom stereocenters. The molecule has 0 aliphatic heterocycles. The van der Waals surface area contributed by atoms with Gasteiger partial charge in [0.2, 0.25) is 0 Å². The van der Waals surface area contributed by atoms with Gasteiger partial charge in [-0.2, -0.15) is 5.10 Å². The van der Waals surface area contributed by atoms with Crippen LogP contribution >= 0.6 is 0 Å². The summed E-state index contributed by atoms with van der Waals surface area (Å²) in [6.07, 6.45) is 0.634. The number of carbonyl (C=O) groups excluding carboxylic acids is 1. The third-order valence-electron chi connectivity index (χ3n) is 2.76. The van der Waals surface area contributed by atoms with Gasteiger partial charge in [-0.25, -0.2) is 4.79 Å². The Morgan fingerprint density at radius 2 is 2.05 bits per heavy atom. The van der Waals surface area contributed by atoms with Crippen molar-refractivity contribution in [1.29, 1.82) is 0 Å². The maximum atomic E-state index is 12.0. The van der Waals surface area contributed by atoms with E-state index >= 15 is 0 Å². The summed E-state index contributed by atoms with van der Waals surface area (Å²) < 4.78 is 16.9. The molecule has 0 aromatic carbocycles. The first-order valence-corrected chi connectivity index (χ1v) is 6.68. The normalized spacial score (nSPS) is 10.8. The largest absolute Gasteiger partial charge is 0.461 e. The van der Waals surface area contributed by atoms with Crippen molar-refractivity contribution >= 4 is 11.7 Å². The van der Waals surface area contributed by atoms with Crippen LogP contribution in [0.1, 0.15) is 29.5 Å². The van der Waals surface area contributed by atoms with Crippen molar-refractivity contribution in [2.75, 3.05) is 39.3 Å². The van der Waals surface area contributed by atoms with E-state index in [1.54, 1.807) is 18.7 Å². The Labute approximate surface area is 119 Å². The summed E-state index contributed by atoms with van der Waals surface area (Å²) in [5, 5.41) is 4.18. The fraction of sp³-hybridized carbons (Fsp3) is 0.692. The quantitative estimate of drug-likeness (QED) is 0.538. The lowest BCUT2D eigenvalue weighted by molar-refractivity contribution is 0.0376. The van der Waals surface area contributed by atoms with E-state index in [9.17, 15) is 4.79 Å². The van der Waals surface area contributed by atoms with Gasteiger partial charge in [0.05, 0.1) is 31.2 Å². The van der Waals surface area contributed by atoms with Gasteiger partial charge >= 0.3 is 5.97 Å². The van der Waals surface area contributed by atoms with Gasteiger partial charge in [0.1, 0.15) is 0 Å². The SMILES string of the molecule is CCn1nc(C)c(N)c1C(=O)OCCCOCCOC. The smallest absolute Gasteiger partial charge is 0.358 e. The molecular weight excluding hydrogens is 262 g/mol. The summed E-state index contributed by atoms with van der Waals surface area (Å²) in [4.78, 5) is 12.0. The van der Waals surface area contributed by atoms with E-state index < -0.39 is 5.97 Å². The first kappa shape index (κ1) is 16.5. The van der Waals surface area contributed by atoms with E-state index in [0.29, 0.717) is 56.5 Å². The van der Waals surface area contributed by atoms with Crippen LogP contribution in [0.3, 0.4) is 0 Å². The fourth-order valence-electron chi connectivity index (χ4n) is 1.68. The standard InChI is InChI=1S/C13H23N3O4/c1-4-16-12(11(14)10(2)15-16)13(17)20-7-5-6-19-9-8-18-3/h4-9,14H2,1-3H3. The lowest BCUT2D eigenvalue weighted by Crippen LogP contribution is -2.15. The Kier molecular flexibility index (Phi) is 7.03. The van der Waals surface area contributed by atoms with Gasteiger partial charge in [-0.3, -0.25) is 4.68 Å². The van der Waals surface area contributed by atoms with E-state index in [2.05, 4.69) is 5.10 Å². The molecule has 1 aromatic heterocycles. The number of aromatic nitrogens is 2. The molecule has 2 N–H and O–H groups in total. The van der Waals surface area contributed by atoms with Gasteiger partial charge < -0.3 is 19.9 Å². The summed E-state index contributed by atoms with van der Waals surface area (Å²) in [5.74, 6) is -0.443. The second-order valence-corrected chi connectivity index (χ2v) is 4.26. The van der Waals surface area contributed by atoms with Gasteiger partial charge in [0.15, 0.2) is 5.69 Å². The van der Waals surface area contributed by atoms with Crippen molar-refractivity contribution < 1.29 is 19.0 Å². The monoisotopic (exact) mass is 285 g/mol. The van der Waals surface area contributed by atoms with Crippen LogP contribution < -0.4 is 5.73 Å². The van der Waals surface area contributed by atoms with Crippen molar-refractivity contribution in [1.82, 2.24) is 9.78 Å². The van der Waals surface area contributed by atoms with E-state index in [0.717, 1.165) is 0 Å².